The molecule has 1 aromatic rings. The summed E-state index contributed by atoms with van der Waals surface area (Å²) in [5, 5.41) is 0. The van der Waals surface area contributed by atoms with Crippen molar-refractivity contribution >= 4 is 0 Å². The molecule has 2 heteroatoms. The molecule has 174 valence electrons. The molecule has 0 aliphatic rings. The number of aryl methyl sites for hydroxylation is 1. The molecule has 0 amide bonds. The van der Waals surface area contributed by atoms with Crippen molar-refractivity contribution in [1.29, 1.82) is 0 Å². The molecule has 0 spiro atoms. The summed E-state index contributed by atoms with van der Waals surface area (Å²) in [6.45, 7) is 6.94. The maximum Gasteiger partial charge on any atom is 0.0805 e. The Hall–Kier alpha value is -0.860. The standard InChI is InChI=1S/C28H50O2/c1-3-5-25-30-28(4-2)26-29-24-20-15-13-11-9-7-6-8-10-12-14-17-21-27-22-18-16-19-23-27/h16,18-19,22-23,28H,3-15,17,20-21,24-26H2,1-2H3. The first-order chi connectivity index (χ1) is 14.9. The van der Waals surface area contributed by atoms with E-state index in [1.54, 1.807) is 0 Å². The molecule has 0 fully saturated rings. The van der Waals surface area contributed by atoms with E-state index in [0.29, 0.717) is 6.10 Å². The Morgan fingerprint density at radius 3 is 1.77 bits per heavy atom. The summed E-state index contributed by atoms with van der Waals surface area (Å²) in [6.07, 6.45) is 21.5. The molecule has 30 heavy (non-hydrogen) atoms. The molecular formula is C28H50O2. The molecule has 0 aliphatic carbocycles. The average molecular weight is 419 g/mol. The first-order valence-corrected chi connectivity index (χ1v) is 13.1. The first-order valence-electron chi connectivity index (χ1n) is 13.1. The highest BCUT2D eigenvalue weighted by atomic mass is 16.5. The zero-order valence-corrected chi connectivity index (χ0v) is 20.2. The maximum absolute atomic E-state index is 5.84. The van der Waals surface area contributed by atoms with Crippen LogP contribution in [0.15, 0.2) is 30.3 Å². The second kappa shape index (κ2) is 21.4. The lowest BCUT2D eigenvalue weighted by atomic mass is 10.0. The average Bonchev–Trinajstić information content (AvgIpc) is 2.78. The lowest BCUT2D eigenvalue weighted by Gasteiger charge is -2.16. The normalized spacial score (nSPS) is 12.3. The van der Waals surface area contributed by atoms with Gasteiger partial charge in [0.1, 0.15) is 0 Å². The van der Waals surface area contributed by atoms with E-state index in [4.69, 9.17) is 9.47 Å². The van der Waals surface area contributed by atoms with Crippen LogP contribution in [0, 0.1) is 0 Å². The quantitative estimate of drug-likeness (QED) is 0.176. The monoisotopic (exact) mass is 418 g/mol. The van der Waals surface area contributed by atoms with Crippen molar-refractivity contribution in [3.63, 3.8) is 0 Å². The van der Waals surface area contributed by atoms with Crippen molar-refractivity contribution in [3.05, 3.63) is 35.9 Å². The predicted molar refractivity (Wildman–Crippen MR) is 131 cm³/mol. The van der Waals surface area contributed by atoms with Gasteiger partial charge >= 0.3 is 0 Å². The molecular weight excluding hydrogens is 368 g/mol. The van der Waals surface area contributed by atoms with Gasteiger partial charge in [0.05, 0.1) is 12.7 Å². The molecule has 1 atom stereocenters. The van der Waals surface area contributed by atoms with Gasteiger partial charge in [-0.2, -0.15) is 0 Å². The van der Waals surface area contributed by atoms with Crippen molar-refractivity contribution in [2.45, 2.75) is 123 Å². The summed E-state index contributed by atoms with van der Waals surface area (Å²) in [4.78, 5) is 0. The molecule has 1 unspecified atom stereocenters. The molecule has 2 nitrogen and oxygen atoms in total. The van der Waals surface area contributed by atoms with Crippen LogP contribution in [-0.2, 0) is 15.9 Å². The second-order valence-electron chi connectivity index (χ2n) is 8.81. The maximum atomic E-state index is 5.84. The van der Waals surface area contributed by atoms with Gasteiger partial charge in [0.25, 0.3) is 0 Å². The molecule has 0 N–H and O–H groups in total. The van der Waals surface area contributed by atoms with E-state index in [-0.39, 0.29) is 0 Å². The van der Waals surface area contributed by atoms with Crippen molar-refractivity contribution in [2.24, 2.45) is 0 Å². The summed E-state index contributed by atoms with van der Waals surface area (Å²) < 4.78 is 11.7. The van der Waals surface area contributed by atoms with Crippen LogP contribution in [-0.4, -0.2) is 25.9 Å². The molecule has 0 aliphatic heterocycles. The third kappa shape index (κ3) is 16.9. The number of ether oxygens (including phenoxy) is 2. The van der Waals surface area contributed by atoms with Gasteiger partial charge in [-0.05, 0) is 37.7 Å². The molecule has 0 aromatic heterocycles. The molecule has 0 saturated carbocycles. The number of hydrogen-bond donors (Lipinski definition) is 0. The molecule has 0 bridgehead atoms. The van der Waals surface area contributed by atoms with Gasteiger partial charge in [-0.1, -0.05) is 115 Å². The Kier molecular flexibility index (Phi) is 19.4. The molecule has 1 aromatic carbocycles. The number of benzene rings is 1. The zero-order valence-electron chi connectivity index (χ0n) is 20.2. The van der Waals surface area contributed by atoms with Crippen molar-refractivity contribution in [2.75, 3.05) is 19.8 Å². The summed E-state index contributed by atoms with van der Waals surface area (Å²) in [5.74, 6) is 0. The third-order valence-electron chi connectivity index (χ3n) is 5.96. The smallest absolute Gasteiger partial charge is 0.0805 e. The van der Waals surface area contributed by atoms with E-state index in [1.165, 1.54) is 95.5 Å². The minimum Gasteiger partial charge on any atom is -0.379 e. The summed E-state index contributed by atoms with van der Waals surface area (Å²) >= 11 is 0. The van der Waals surface area contributed by atoms with Gasteiger partial charge in [-0.25, -0.2) is 0 Å². The number of hydrogen-bond acceptors (Lipinski definition) is 2. The lowest BCUT2D eigenvalue weighted by Crippen LogP contribution is -2.20. The third-order valence-corrected chi connectivity index (χ3v) is 5.96. The Bertz CT molecular complexity index is 445. The zero-order chi connectivity index (χ0) is 21.5. The van der Waals surface area contributed by atoms with E-state index in [0.717, 1.165) is 32.7 Å². The van der Waals surface area contributed by atoms with Crippen LogP contribution >= 0.6 is 0 Å². The highest BCUT2D eigenvalue weighted by molar-refractivity contribution is 5.14. The minimum absolute atomic E-state index is 0.292. The highest BCUT2D eigenvalue weighted by Gasteiger charge is 2.06. The highest BCUT2D eigenvalue weighted by Crippen LogP contribution is 2.13. The molecule has 1 rings (SSSR count). The number of unbranched alkanes of at least 4 members (excludes halogenated alkanes) is 12. The van der Waals surface area contributed by atoms with Gasteiger partial charge in [-0.15, -0.1) is 0 Å². The summed E-state index contributed by atoms with van der Waals surface area (Å²) in [5.41, 5.74) is 1.49. The largest absolute Gasteiger partial charge is 0.379 e. The van der Waals surface area contributed by atoms with Crippen LogP contribution in [0.4, 0.5) is 0 Å². The topological polar surface area (TPSA) is 18.5 Å². The first kappa shape index (κ1) is 27.2. The Morgan fingerprint density at radius 1 is 0.633 bits per heavy atom. The van der Waals surface area contributed by atoms with Gasteiger partial charge in [0.2, 0.25) is 0 Å². The Morgan fingerprint density at radius 2 is 1.20 bits per heavy atom. The van der Waals surface area contributed by atoms with E-state index >= 15 is 0 Å². The minimum atomic E-state index is 0.292. The van der Waals surface area contributed by atoms with E-state index in [9.17, 15) is 0 Å². The fourth-order valence-electron chi connectivity index (χ4n) is 3.84. The van der Waals surface area contributed by atoms with E-state index in [2.05, 4.69) is 44.2 Å². The van der Waals surface area contributed by atoms with Crippen molar-refractivity contribution in [3.8, 4) is 0 Å². The van der Waals surface area contributed by atoms with Gasteiger partial charge in [-0.3, -0.25) is 0 Å². The van der Waals surface area contributed by atoms with E-state index in [1.807, 2.05) is 0 Å². The van der Waals surface area contributed by atoms with Crippen LogP contribution in [0.1, 0.15) is 116 Å². The van der Waals surface area contributed by atoms with Crippen LogP contribution in [0.3, 0.4) is 0 Å². The van der Waals surface area contributed by atoms with Crippen LogP contribution in [0.5, 0.6) is 0 Å². The van der Waals surface area contributed by atoms with Crippen LogP contribution in [0.25, 0.3) is 0 Å². The van der Waals surface area contributed by atoms with Crippen molar-refractivity contribution < 1.29 is 9.47 Å². The fourth-order valence-corrected chi connectivity index (χ4v) is 3.84. The SMILES string of the molecule is CCCCOC(CC)COCCCCCCCCCCCCCCc1ccccc1. The van der Waals surface area contributed by atoms with E-state index < -0.39 is 0 Å². The predicted octanol–water partition coefficient (Wildman–Crippen LogP) is 8.52. The van der Waals surface area contributed by atoms with Gasteiger partial charge in [0, 0.05) is 13.2 Å². The molecule has 0 radical (unpaired) electrons. The lowest BCUT2D eigenvalue weighted by molar-refractivity contribution is -0.0197. The van der Waals surface area contributed by atoms with Crippen LogP contribution in [0.2, 0.25) is 0 Å². The summed E-state index contributed by atoms with van der Waals surface area (Å²) in [6, 6.07) is 10.9. The second-order valence-corrected chi connectivity index (χ2v) is 8.81. The van der Waals surface area contributed by atoms with Crippen molar-refractivity contribution in [1.82, 2.24) is 0 Å². The molecule has 0 saturated heterocycles. The summed E-state index contributed by atoms with van der Waals surface area (Å²) in [7, 11) is 0. The Balaban J connectivity index is 1.74. The van der Waals surface area contributed by atoms with Crippen LogP contribution < -0.4 is 0 Å². The Labute approximate surface area is 188 Å². The van der Waals surface area contributed by atoms with Gasteiger partial charge < -0.3 is 9.47 Å². The fraction of sp³-hybridized carbons (Fsp3) is 0.786. The van der Waals surface area contributed by atoms with Gasteiger partial charge in [0.15, 0.2) is 0 Å². The number of rotatable bonds is 22. The molecule has 0 heterocycles.